The van der Waals surface area contributed by atoms with Crippen molar-refractivity contribution in [2.75, 3.05) is 0 Å². The minimum atomic E-state index is -5.68. The second kappa shape index (κ2) is 14.4. The Hall–Kier alpha value is 4.38. The van der Waals surface area contributed by atoms with E-state index in [-0.39, 0.29) is 119 Å². The summed E-state index contributed by atoms with van der Waals surface area (Å²) < 4.78 is 42.3. The standard InChI is InChI=1S/2Ba.2H4O7P2.Ti/c;;2*1-8(2,3)7-9(4,5)6;/h;;2*(H2,1,2,3)(H2,4,5,6);/q2*+2;;;+4/p-8. The summed E-state index contributed by atoms with van der Waals surface area (Å²) in [6.07, 6.45) is 0. The Morgan fingerprint density at radius 2 is 0.571 bits per heavy atom. The van der Waals surface area contributed by atoms with Crippen molar-refractivity contribution in [3.63, 3.8) is 0 Å². The molecule has 0 atom stereocenters. The number of phosphoric acid groups is 4. The SMILES string of the molecule is O=P([O-])([O-])OP(=O)([O-])[O-].O=P([O-])([O-])OP(=O)([O-])[O-].[Ba+2].[Ba+2].[Ti+4]. The van der Waals surface area contributed by atoms with Crippen LogP contribution in [0.2, 0.25) is 0 Å². The molecule has 0 amide bonds. The van der Waals surface area contributed by atoms with Gasteiger partial charge in [-0.25, -0.2) is 0 Å². The van der Waals surface area contributed by atoms with Crippen LogP contribution >= 0.6 is 31.3 Å². The fraction of sp³-hybridized carbons (Fsp3) is 0. The molecule has 21 heteroatoms. The van der Waals surface area contributed by atoms with E-state index in [1.165, 1.54) is 0 Å². The maximum atomic E-state index is 9.32. The van der Waals surface area contributed by atoms with Crippen LogP contribution in [0, 0.1) is 0 Å². The van der Waals surface area contributed by atoms with Gasteiger partial charge in [-0.3, -0.25) is 0 Å². The van der Waals surface area contributed by atoms with Crippen LogP contribution in [0.15, 0.2) is 0 Å². The van der Waals surface area contributed by atoms with E-state index in [4.69, 9.17) is 0 Å². The molecule has 0 aliphatic carbocycles. The van der Waals surface area contributed by atoms with E-state index < -0.39 is 31.3 Å². The predicted octanol–water partition coefficient (Wildman–Crippen LogP) is -7.44. The summed E-state index contributed by atoms with van der Waals surface area (Å²) in [5.74, 6) is 0. The van der Waals surface area contributed by atoms with Crippen LogP contribution in [0.1, 0.15) is 0 Å². The Morgan fingerprint density at radius 3 is 0.571 bits per heavy atom. The molecule has 0 saturated heterocycles. The smallest absolute Gasteiger partial charge is 0.790 e. The largest absolute Gasteiger partial charge is 4.00 e. The van der Waals surface area contributed by atoms with Crippen LogP contribution in [0.3, 0.4) is 0 Å². The molecule has 0 aromatic rings. The molecule has 0 N–H and O–H groups in total. The van der Waals surface area contributed by atoms with E-state index in [0.29, 0.717) is 0 Å². The summed E-state index contributed by atoms with van der Waals surface area (Å²) in [4.78, 5) is 74.6. The third-order valence-electron chi connectivity index (χ3n) is 0.400. The van der Waals surface area contributed by atoms with E-state index >= 15 is 0 Å². The second-order valence-electron chi connectivity index (χ2n) is 1.95. The minimum absolute atomic E-state index is 0. The monoisotopic (exact) mass is 672 g/mol. The van der Waals surface area contributed by atoms with Crippen LogP contribution in [0.4, 0.5) is 0 Å². The molecule has 21 heavy (non-hydrogen) atoms. The molecule has 14 nitrogen and oxygen atoms in total. The van der Waals surface area contributed by atoms with Gasteiger partial charge in [-0.05, 0) is 0 Å². The van der Waals surface area contributed by atoms with Gasteiger partial charge in [-0.2, -0.15) is 0 Å². The molecule has 0 aromatic carbocycles. The van der Waals surface area contributed by atoms with E-state index in [2.05, 4.69) is 8.62 Å². The van der Waals surface area contributed by atoms with Crippen LogP contribution in [-0.2, 0) is 48.6 Å². The summed E-state index contributed by atoms with van der Waals surface area (Å²) in [5.41, 5.74) is 0. The van der Waals surface area contributed by atoms with Crippen molar-refractivity contribution in [2.45, 2.75) is 0 Å². The van der Waals surface area contributed by atoms with E-state index in [0.717, 1.165) is 0 Å². The van der Waals surface area contributed by atoms with Gasteiger partial charge >= 0.3 is 119 Å². The topological polar surface area (TPSA) is 271 Å². The number of hydrogen-bond donors (Lipinski definition) is 0. The van der Waals surface area contributed by atoms with Gasteiger partial charge in [0.15, 0.2) is 0 Å². The van der Waals surface area contributed by atoms with Gasteiger partial charge in [-0.1, -0.05) is 0 Å². The molecule has 0 rings (SSSR count). The Bertz CT molecular complexity index is 352. The molecular weight excluding hydrogens is 670 g/mol. The fourth-order valence-corrected chi connectivity index (χ4v) is 2.20. The third-order valence-corrected chi connectivity index (χ3v) is 3.60. The minimum Gasteiger partial charge on any atom is -0.790 e. The quantitative estimate of drug-likeness (QED) is 0.199. The number of hydrogen-bond acceptors (Lipinski definition) is 14. The molecule has 0 aliphatic heterocycles. The normalized spacial score (nSPS) is 11.8. The zero-order valence-corrected chi connectivity index (χ0v) is 23.4. The first kappa shape index (κ1) is 36.3. The molecule has 0 saturated carbocycles. The zero-order valence-electron chi connectivity index (χ0n) is 9.42. The van der Waals surface area contributed by atoms with Gasteiger partial charge < -0.3 is 66.0 Å². The van der Waals surface area contributed by atoms with Crippen molar-refractivity contribution in [3.05, 3.63) is 0 Å². The van der Waals surface area contributed by atoms with Gasteiger partial charge in [0.1, 0.15) is 0 Å². The zero-order chi connectivity index (χ0) is 15.4. The first-order chi connectivity index (χ1) is 7.41. The van der Waals surface area contributed by atoms with Gasteiger partial charge in [0.05, 0.1) is 31.3 Å². The molecule has 0 radical (unpaired) electrons. The molecule has 0 heterocycles. The molecule has 0 aromatic heterocycles. The molecule has 0 unspecified atom stereocenters. The summed E-state index contributed by atoms with van der Waals surface area (Å²) in [7, 11) is -22.7. The molecule has 0 fully saturated rings. The molecule has 0 bridgehead atoms. The van der Waals surface area contributed by atoms with Crippen molar-refractivity contribution < 1.29 is 87.7 Å². The molecule has 112 valence electrons. The van der Waals surface area contributed by atoms with Crippen molar-refractivity contribution >= 4 is 129 Å². The van der Waals surface area contributed by atoms with Crippen LogP contribution < -0.4 is 39.1 Å². The molecular formula is Ba2O14P4Ti. The van der Waals surface area contributed by atoms with Crippen molar-refractivity contribution in [1.82, 2.24) is 0 Å². The van der Waals surface area contributed by atoms with E-state index in [9.17, 15) is 57.4 Å². The molecule has 0 spiro atoms. The average Bonchev–Trinajstić information content (AvgIpc) is 1.64. The first-order valence-electron chi connectivity index (χ1n) is 2.92. The first-order valence-corrected chi connectivity index (χ1v) is 8.76. The predicted molar refractivity (Wildman–Crippen MR) is 44.1 cm³/mol. The van der Waals surface area contributed by atoms with Gasteiger partial charge in [0.25, 0.3) is 0 Å². The Morgan fingerprint density at radius 1 is 0.476 bits per heavy atom. The van der Waals surface area contributed by atoms with E-state index in [1.807, 2.05) is 0 Å². The van der Waals surface area contributed by atoms with Crippen LogP contribution in [-0.4, -0.2) is 97.8 Å². The van der Waals surface area contributed by atoms with Crippen LogP contribution in [0.25, 0.3) is 0 Å². The Balaban J connectivity index is -0.0000000711. The average molecular weight is 670 g/mol. The summed E-state index contributed by atoms with van der Waals surface area (Å²) in [6, 6.07) is 0. The Kier molecular flexibility index (Phi) is 25.0. The van der Waals surface area contributed by atoms with Crippen molar-refractivity contribution in [3.8, 4) is 0 Å². The fourth-order valence-electron chi connectivity index (χ4n) is 0.245. The van der Waals surface area contributed by atoms with Crippen LogP contribution in [0.5, 0.6) is 0 Å². The van der Waals surface area contributed by atoms with Gasteiger partial charge in [-0.15, -0.1) is 0 Å². The summed E-state index contributed by atoms with van der Waals surface area (Å²) >= 11 is 0. The van der Waals surface area contributed by atoms with Crippen molar-refractivity contribution in [1.29, 1.82) is 0 Å². The Labute approximate surface area is 212 Å². The second-order valence-corrected chi connectivity index (χ2v) is 6.84. The third kappa shape index (κ3) is 45.5. The van der Waals surface area contributed by atoms with Gasteiger partial charge in [0.2, 0.25) is 0 Å². The summed E-state index contributed by atoms with van der Waals surface area (Å²) in [5, 5.41) is 0. The van der Waals surface area contributed by atoms with Gasteiger partial charge in [0, 0.05) is 0 Å². The molecule has 0 aliphatic rings. The van der Waals surface area contributed by atoms with E-state index in [1.54, 1.807) is 0 Å². The number of rotatable bonds is 4. The van der Waals surface area contributed by atoms with Crippen molar-refractivity contribution in [2.24, 2.45) is 0 Å². The maximum Gasteiger partial charge on any atom is 4.00 e. The maximum absolute atomic E-state index is 9.32. The summed E-state index contributed by atoms with van der Waals surface area (Å²) in [6.45, 7) is 0.